The number of amides is 1. The molecule has 2 aliphatic heterocycles. The van der Waals surface area contributed by atoms with Crippen LogP contribution >= 0.6 is 0 Å². The summed E-state index contributed by atoms with van der Waals surface area (Å²) in [7, 11) is 0. The zero-order chi connectivity index (χ0) is 18.1. The molecule has 1 amide bonds. The van der Waals surface area contributed by atoms with Gasteiger partial charge in [0.15, 0.2) is 0 Å². The van der Waals surface area contributed by atoms with E-state index in [1.807, 2.05) is 43.0 Å². The van der Waals surface area contributed by atoms with Crippen LogP contribution in [0.5, 0.6) is 5.88 Å². The number of aryl methyl sites for hydroxylation is 2. The first-order chi connectivity index (χ1) is 12.7. The number of hydrogen-bond donors (Lipinski definition) is 0. The fraction of sp³-hybridized carbons (Fsp3) is 0.526. The molecule has 7 heteroatoms. The molecule has 26 heavy (non-hydrogen) atoms. The van der Waals surface area contributed by atoms with E-state index in [-0.39, 0.29) is 24.2 Å². The maximum atomic E-state index is 13.2. The number of ether oxygens (including phenoxy) is 2. The van der Waals surface area contributed by atoms with Crippen molar-refractivity contribution in [1.82, 2.24) is 19.7 Å². The van der Waals surface area contributed by atoms with Crippen LogP contribution in [-0.4, -0.2) is 57.0 Å². The molecule has 0 bridgehead atoms. The van der Waals surface area contributed by atoms with Crippen LogP contribution in [-0.2, 0) is 11.3 Å². The first-order valence-corrected chi connectivity index (χ1v) is 9.22. The Balaban J connectivity index is 1.53. The third-order valence-electron chi connectivity index (χ3n) is 5.12. The normalized spacial score (nSPS) is 25.2. The van der Waals surface area contributed by atoms with Gasteiger partial charge < -0.3 is 14.4 Å². The molecule has 0 radical (unpaired) electrons. The van der Waals surface area contributed by atoms with E-state index in [4.69, 9.17) is 9.47 Å². The van der Waals surface area contributed by atoms with Crippen molar-refractivity contribution >= 4 is 5.91 Å². The van der Waals surface area contributed by atoms with Crippen molar-refractivity contribution < 1.29 is 14.3 Å². The molecule has 2 saturated heterocycles. The average Bonchev–Trinajstić information content (AvgIpc) is 3.29. The predicted molar refractivity (Wildman–Crippen MR) is 95.1 cm³/mol. The summed E-state index contributed by atoms with van der Waals surface area (Å²) in [6, 6.07) is 7.52. The van der Waals surface area contributed by atoms with Crippen LogP contribution in [0.25, 0.3) is 0 Å². The van der Waals surface area contributed by atoms with Gasteiger partial charge >= 0.3 is 0 Å². The van der Waals surface area contributed by atoms with Crippen LogP contribution in [0.4, 0.5) is 0 Å². The van der Waals surface area contributed by atoms with Crippen LogP contribution < -0.4 is 4.74 Å². The van der Waals surface area contributed by atoms with E-state index in [1.165, 1.54) is 0 Å². The summed E-state index contributed by atoms with van der Waals surface area (Å²) < 4.78 is 13.8. The van der Waals surface area contributed by atoms with E-state index in [0.717, 1.165) is 18.5 Å². The number of pyridine rings is 1. The fourth-order valence-electron chi connectivity index (χ4n) is 3.94. The van der Waals surface area contributed by atoms with Gasteiger partial charge in [-0.05, 0) is 32.4 Å². The Morgan fingerprint density at radius 3 is 3.04 bits per heavy atom. The maximum Gasteiger partial charge on any atom is 0.272 e. The van der Waals surface area contributed by atoms with Crippen LogP contribution in [0.1, 0.15) is 35.9 Å². The van der Waals surface area contributed by atoms with Crippen molar-refractivity contribution in [3.8, 4) is 5.88 Å². The van der Waals surface area contributed by atoms with Crippen molar-refractivity contribution in [3.05, 3.63) is 41.9 Å². The quantitative estimate of drug-likeness (QED) is 0.839. The van der Waals surface area contributed by atoms with Crippen LogP contribution in [0.3, 0.4) is 0 Å². The molecule has 2 aliphatic rings. The smallest absolute Gasteiger partial charge is 0.272 e. The van der Waals surface area contributed by atoms with Gasteiger partial charge in [-0.25, -0.2) is 4.98 Å². The lowest BCUT2D eigenvalue weighted by Crippen LogP contribution is -2.56. The molecule has 0 aromatic carbocycles. The number of rotatable bonds is 4. The first kappa shape index (κ1) is 17.0. The number of piperidine rings is 1. The third kappa shape index (κ3) is 3.07. The summed E-state index contributed by atoms with van der Waals surface area (Å²) in [5.74, 6) is 0.635. The minimum Gasteiger partial charge on any atom is -0.471 e. The summed E-state index contributed by atoms with van der Waals surface area (Å²) in [4.78, 5) is 19.3. The summed E-state index contributed by atoms with van der Waals surface area (Å²) in [5.41, 5.74) is 1.52. The fourth-order valence-corrected chi connectivity index (χ4v) is 3.94. The van der Waals surface area contributed by atoms with E-state index >= 15 is 0 Å². The molecule has 2 aromatic rings. The van der Waals surface area contributed by atoms with Gasteiger partial charge in [0.05, 0.1) is 11.7 Å². The number of likely N-dealkylation sites (tertiary alicyclic amines) is 1. The minimum atomic E-state index is -0.117. The molecule has 3 atom stereocenters. The molecule has 0 spiro atoms. The van der Waals surface area contributed by atoms with E-state index in [2.05, 4.69) is 10.1 Å². The van der Waals surface area contributed by atoms with Crippen LogP contribution in [0.2, 0.25) is 0 Å². The minimum absolute atomic E-state index is 0.0317. The Morgan fingerprint density at radius 1 is 1.38 bits per heavy atom. The number of carbonyl (C=O) groups excluding carboxylic acids is 1. The second-order valence-electron chi connectivity index (χ2n) is 6.79. The second-order valence-corrected chi connectivity index (χ2v) is 6.79. The highest BCUT2D eigenvalue weighted by molar-refractivity contribution is 5.93. The standard InChI is InChI=1S/C19H24N4O3/c1-3-23-15(12-13(2)21-23)19(24)22-10-7-16(18-14(22)8-11-25-18)26-17-6-4-5-9-20-17/h4-6,9,12,14,16,18H,3,7-8,10-11H2,1-2H3/t14-,16+,18-/m0/s1. The van der Waals surface area contributed by atoms with Gasteiger partial charge in [-0.15, -0.1) is 0 Å². The van der Waals surface area contributed by atoms with Crippen LogP contribution in [0.15, 0.2) is 30.5 Å². The van der Waals surface area contributed by atoms with E-state index in [0.29, 0.717) is 31.3 Å². The Labute approximate surface area is 152 Å². The number of hydrogen-bond acceptors (Lipinski definition) is 5. The molecule has 0 N–H and O–H groups in total. The summed E-state index contributed by atoms with van der Waals surface area (Å²) in [6.07, 6.45) is 3.07. The SMILES string of the molecule is CCn1nc(C)cc1C(=O)N1CC[C@@H](Oc2ccccn2)[C@H]2OCC[C@@H]21. The lowest BCUT2D eigenvalue weighted by atomic mass is 9.95. The Morgan fingerprint density at radius 2 is 2.27 bits per heavy atom. The monoisotopic (exact) mass is 356 g/mol. The average molecular weight is 356 g/mol. The van der Waals surface area contributed by atoms with Gasteiger partial charge in [-0.3, -0.25) is 9.48 Å². The van der Waals surface area contributed by atoms with Gasteiger partial charge in [0.25, 0.3) is 5.91 Å². The molecule has 7 nitrogen and oxygen atoms in total. The van der Waals surface area contributed by atoms with E-state index in [9.17, 15) is 4.79 Å². The molecular formula is C19H24N4O3. The predicted octanol–water partition coefficient (Wildman–Crippen LogP) is 2.06. The number of fused-ring (bicyclic) bond motifs is 1. The second kappa shape index (κ2) is 7.07. The molecule has 0 saturated carbocycles. The molecule has 0 aliphatic carbocycles. The molecule has 2 aromatic heterocycles. The summed E-state index contributed by atoms with van der Waals surface area (Å²) in [5, 5.41) is 4.41. The highest BCUT2D eigenvalue weighted by atomic mass is 16.5. The number of nitrogens with zero attached hydrogens (tertiary/aromatic N) is 4. The van der Waals surface area contributed by atoms with Crippen molar-refractivity contribution in [2.24, 2.45) is 0 Å². The van der Waals surface area contributed by atoms with Gasteiger partial charge in [0.2, 0.25) is 5.88 Å². The topological polar surface area (TPSA) is 69.5 Å². The summed E-state index contributed by atoms with van der Waals surface area (Å²) in [6.45, 7) is 5.88. The highest BCUT2D eigenvalue weighted by Crippen LogP contribution is 2.32. The van der Waals surface area contributed by atoms with Crippen molar-refractivity contribution in [2.45, 2.75) is 51.5 Å². The Hall–Kier alpha value is -2.41. The lowest BCUT2D eigenvalue weighted by molar-refractivity contribution is -0.0478. The maximum absolute atomic E-state index is 13.2. The van der Waals surface area contributed by atoms with E-state index < -0.39 is 0 Å². The largest absolute Gasteiger partial charge is 0.471 e. The van der Waals surface area contributed by atoms with Gasteiger partial charge in [-0.1, -0.05) is 6.07 Å². The first-order valence-electron chi connectivity index (χ1n) is 9.22. The Kier molecular flexibility index (Phi) is 4.63. The molecule has 138 valence electrons. The van der Waals surface area contributed by atoms with Crippen LogP contribution in [0, 0.1) is 6.92 Å². The van der Waals surface area contributed by atoms with E-state index in [1.54, 1.807) is 10.9 Å². The third-order valence-corrected chi connectivity index (χ3v) is 5.12. The van der Waals surface area contributed by atoms with Gasteiger partial charge in [0, 0.05) is 38.4 Å². The lowest BCUT2D eigenvalue weighted by Gasteiger charge is -2.40. The highest BCUT2D eigenvalue weighted by Gasteiger charge is 2.46. The Bertz CT molecular complexity index is 776. The van der Waals surface area contributed by atoms with Crippen molar-refractivity contribution in [1.29, 1.82) is 0 Å². The number of aromatic nitrogens is 3. The molecule has 2 fully saturated rings. The van der Waals surface area contributed by atoms with Crippen molar-refractivity contribution in [3.63, 3.8) is 0 Å². The summed E-state index contributed by atoms with van der Waals surface area (Å²) >= 11 is 0. The molecular weight excluding hydrogens is 332 g/mol. The zero-order valence-corrected chi connectivity index (χ0v) is 15.2. The van der Waals surface area contributed by atoms with Gasteiger partial charge in [-0.2, -0.15) is 5.10 Å². The molecule has 4 rings (SSSR count). The number of carbonyl (C=O) groups is 1. The molecule has 4 heterocycles. The van der Waals surface area contributed by atoms with Crippen molar-refractivity contribution in [2.75, 3.05) is 13.2 Å². The zero-order valence-electron chi connectivity index (χ0n) is 15.2. The van der Waals surface area contributed by atoms with Gasteiger partial charge in [0.1, 0.15) is 17.9 Å². The molecule has 0 unspecified atom stereocenters.